The molecule has 0 spiro atoms. The van der Waals surface area contributed by atoms with Crippen molar-refractivity contribution in [1.82, 2.24) is 0 Å². The number of Topliss-reactive ketones (excluding diaryl/α,β-unsaturated/α-hetero) is 1. The lowest BCUT2D eigenvalue weighted by molar-refractivity contribution is -0.136. The Morgan fingerprint density at radius 1 is 0.957 bits per heavy atom. The van der Waals surface area contributed by atoms with Crippen molar-refractivity contribution in [3.8, 4) is 0 Å². The van der Waals surface area contributed by atoms with Crippen LogP contribution in [0.3, 0.4) is 0 Å². The summed E-state index contributed by atoms with van der Waals surface area (Å²) in [5.41, 5.74) is 2.90. The average molecular weight is 328 g/mol. The molecule has 0 atom stereocenters. The van der Waals surface area contributed by atoms with Gasteiger partial charge in [-0.15, -0.1) is 0 Å². The van der Waals surface area contributed by atoms with Crippen LogP contribution in [0.25, 0.3) is 0 Å². The first-order chi connectivity index (χ1) is 10.9. The fraction of sp³-hybridized carbons (Fsp3) is 0.118. The molecular formula is C17H16N2O3S. The fourth-order valence-corrected chi connectivity index (χ4v) is 2.20. The van der Waals surface area contributed by atoms with E-state index in [2.05, 4.69) is 10.6 Å². The third-order valence-electron chi connectivity index (χ3n) is 3.12. The van der Waals surface area contributed by atoms with Gasteiger partial charge in [0.1, 0.15) is 0 Å². The zero-order valence-corrected chi connectivity index (χ0v) is 13.3. The van der Waals surface area contributed by atoms with Crippen LogP contribution in [0, 0.1) is 0 Å². The molecule has 0 saturated carbocycles. The van der Waals surface area contributed by atoms with E-state index < -0.39 is 5.97 Å². The number of anilines is 2. The lowest BCUT2D eigenvalue weighted by Gasteiger charge is -2.11. The predicted octanol–water partition coefficient (Wildman–Crippen LogP) is 3.33. The van der Waals surface area contributed by atoms with Crippen molar-refractivity contribution in [3.63, 3.8) is 0 Å². The van der Waals surface area contributed by atoms with Crippen LogP contribution >= 0.6 is 12.2 Å². The second-order valence-corrected chi connectivity index (χ2v) is 5.39. The SMILES string of the molecule is CC(=O)c1ccc(NC(=S)Nc2ccc(CC(=O)O)cc2)cc1. The van der Waals surface area contributed by atoms with Crippen molar-refractivity contribution in [2.45, 2.75) is 13.3 Å². The van der Waals surface area contributed by atoms with E-state index in [1.807, 2.05) is 0 Å². The van der Waals surface area contributed by atoms with E-state index in [0.717, 1.165) is 16.9 Å². The number of aliphatic carboxylic acids is 1. The Morgan fingerprint density at radius 3 is 1.87 bits per heavy atom. The molecule has 0 aliphatic carbocycles. The quantitative estimate of drug-likeness (QED) is 0.577. The van der Waals surface area contributed by atoms with Crippen LogP contribution in [-0.2, 0) is 11.2 Å². The van der Waals surface area contributed by atoms with Gasteiger partial charge in [0, 0.05) is 16.9 Å². The molecule has 0 amide bonds. The molecule has 2 aromatic carbocycles. The van der Waals surface area contributed by atoms with Gasteiger partial charge in [-0.3, -0.25) is 9.59 Å². The molecule has 23 heavy (non-hydrogen) atoms. The van der Waals surface area contributed by atoms with Crippen molar-refractivity contribution in [2.24, 2.45) is 0 Å². The van der Waals surface area contributed by atoms with Crippen LogP contribution in [0.5, 0.6) is 0 Å². The summed E-state index contributed by atoms with van der Waals surface area (Å²) in [5.74, 6) is -0.851. The minimum Gasteiger partial charge on any atom is -0.481 e. The van der Waals surface area contributed by atoms with Gasteiger partial charge < -0.3 is 15.7 Å². The first kappa shape index (κ1) is 16.6. The maximum Gasteiger partial charge on any atom is 0.307 e. The van der Waals surface area contributed by atoms with E-state index in [1.165, 1.54) is 6.92 Å². The molecule has 0 aliphatic heterocycles. The summed E-state index contributed by atoms with van der Waals surface area (Å²) < 4.78 is 0. The molecule has 0 aromatic heterocycles. The number of hydrogen-bond donors (Lipinski definition) is 3. The van der Waals surface area contributed by atoms with Gasteiger partial charge in [0.25, 0.3) is 0 Å². The highest BCUT2D eigenvalue weighted by Gasteiger charge is 2.03. The van der Waals surface area contributed by atoms with Crippen molar-refractivity contribution in [3.05, 3.63) is 59.7 Å². The van der Waals surface area contributed by atoms with Gasteiger partial charge in [0.15, 0.2) is 10.9 Å². The van der Waals surface area contributed by atoms with E-state index in [1.54, 1.807) is 48.5 Å². The molecule has 6 heteroatoms. The second kappa shape index (κ2) is 7.51. The molecule has 3 N–H and O–H groups in total. The van der Waals surface area contributed by atoms with Crippen molar-refractivity contribution in [2.75, 3.05) is 10.6 Å². The minimum absolute atomic E-state index is 0.00846. The molecule has 0 unspecified atom stereocenters. The van der Waals surface area contributed by atoms with E-state index in [0.29, 0.717) is 10.7 Å². The summed E-state index contributed by atoms with van der Waals surface area (Å²) in [6.45, 7) is 1.52. The number of carbonyl (C=O) groups excluding carboxylic acids is 1. The predicted molar refractivity (Wildman–Crippen MR) is 94.1 cm³/mol. The number of benzene rings is 2. The van der Waals surface area contributed by atoms with Crippen LogP contribution in [0.4, 0.5) is 11.4 Å². The maximum atomic E-state index is 11.2. The summed E-state index contributed by atoms with van der Waals surface area (Å²) in [7, 11) is 0. The topological polar surface area (TPSA) is 78.4 Å². The third kappa shape index (κ3) is 5.19. The van der Waals surface area contributed by atoms with Crippen LogP contribution in [0.15, 0.2) is 48.5 Å². The van der Waals surface area contributed by atoms with Gasteiger partial charge in [-0.25, -0.2) is 0 Å². The zero-order chi connectivity index (χ0) is 16.8. The standard InChI is InChI=1S/C17H16N2O3S/c1-11(20)13-4-8-15(9-5-13)19-17(23)18-14-6-2-12(3-7-14)10-16(21)22/h2-9H,10H2,1H3,(H,21,22)(H2,18,19,23). The summed E-state index contributed by atoms with van der Waals surface area (Å²) in [6, 6.07) is 14.0. The second-order valence-electron chi connectivity index (χ2n) is 4.98. The molecule has 5 nitrogen and oxygen atoms in total. The number of rotatable bonds is 5. The van der Waals surface area contributed by atoms with E-state index in [9.17, 15) is 9.59 Å². The zero-order valence-electron chi connectivity index (χ0n) is 12.5. The number of ketones is 1. The van der Waals surface area contributed by atoms with Gasteiger partial charge in [0.2, 0.25) is 0 Å². The summed E-state index contributed by atoms with van der Waals surface area (Å²) in [4.78, 5) is 21.9. The minimum atomic E-state index is -0.864. The lowest BCUT2D eigenvalue weighted by Crippen LogP contribution is -2.19. The molecule has 0 fully saturated rings. The van der Waals surface area contributed by atoms with Crippen LogP contribution in [-0.4, -0.2) is 22.0 Å². The highest BCUT2D eigenvalue weighted by molar-refractivity contribution is 7.80. The Labute approximate surface area is 139 Å². The fourth-order valence-electron chi connectivity index (χ4n) is 1.96. The third-order valence-corrected chi connectivity index (χ3v) is 3.32. The number of hydrogen-bond acceptors (Lipinski definition) is 3. The molecule has 0 saturated heterocycles. The van der Waals surface area contributed by atoms with Gasteiger partial charge in [-0.2, -0.15) is 0 Å². The van der Waals surface area contributed by atoms with Gasteiger partial charge in [-0.05, 0) is 61.1 Å². The number of nitrogens with one attached hydrogen (secondary N) is 2. The van der Waals surface area contributed by atoms with Gasteiger partial charge in [-0.1, -0.05) is 12.1 Å². The molecule has 0 radical (unpaired) electrons. The van der Waals surface area contributed by atoms with Gasteiger partial charge >= 0.3 is 5.97 Å². The van der Waals surface area contributed by atoms with Crippen LogP contribution in [0.2, 0.25) is 0 Å². The van der Waals surface area contributed by atoms with Gasteiger partial charge in [0.05, 0.1) is 6.42 Å². The summed E-state index contributed by atoms with van der Waals surface area (Å²) >= 11 is 5.22. The van der Waals surface area contributed by atoms with E-state index in [-0.39, 0.29) is 12.2 Å². The number of carboxylic acids is 1. The van der Waals surface area contributed by atoms with Crippen LogP contribution in [0.1, 0.15) is 22.8 Å². The maximum absolute atomic E-state index is 11.2. The Kier molecular flexibility index (Phi) is 5.43. The first-order valence-electron chi connectivity index (χ1n) is 6.94. The Bertz CT molecular complexity index is 725. The smallest absolute Gasteiger partial charge is 0.307 e. The van der Waals surface area contributed by atoms with Crippen molar-refractivity contribution < 1.29 is 14.7 Å². The van der Waals surface area contributed by atoms with E-state index >= 15 is 0 Å². The normalized spacial score (nSPS) is 9.96. The van der Waals surface area contributed by atoms with Crippen LogP contribution < -0.4 is 10.6 Å². The molecule has 0 aliphatic rings. The molecular weight excluding hydrogens is 312 g/mol. The Hall–Kier alpha value is -2.73. The number of thiocarbonyl (C=S) groups is 1. The first-order valence-corrected chi connectivity index (χ1v) is 7.34. The molecule has 2 rings (SSSR count). The molecule has 118 valence electrons. The van der Waals surface area contributed by atoms with E-state index in [4.69, 9.17) is 17.3 Å². The Morgan fingerprint density at radius 2 is 1.43 bits per heavy atom. The average Bonchev–Trinajstić information content (AvgIpc) is 2.49. The van der Waals surface area contributed by atoms with Crippen molar-refractivity contribution in [1.29, 1.82) is 0 Å². The number of carboxylic acid groups (broad SMARTS) is 1. The van der Waals surface area contributed by atoms with Crippen molar-refractivity contribution >= 4 is 40.5 Å². The Balaban J connectivity index is 1.93. The molecule has 2 aromatic rings. The highest BCUT2D eigenvalue weighted by atomic mass is 32.1. The number of carbonyl (C=O) groups is 2. The summed E-state index contributed by atoms with van der Waals surface area (Å²) in [6.07, 6.45) is -0.00846. The summed E-state index contributed by atoms with van der Waals surface area (Å²) in [5, 5.41) is 15.2. The lowest BCUT2D eigenvalue weighted by atomic mass is 10.1. The largest absolute Gasteiger partial charge is 0.481 e. The molecule has 0 bridgehead atoms. The monoisotopic (exact) mass is 328 g/mol. The highest BCUT2D eigenvalue weighted by Crippen LogP contribution is 2.13. The molecule has 0 heterocycles.